The van der Waals surface area contributed by atoms with Crippen molar-refractivity contribution in [2.75, 3.05) is 13.2 Å². The van der Waals surface area contributed by atoms with Crippen LogP contribution in [0.25, 0.3) is 0 Å². The minimum Gasteiger partial charge on any atom is -0.494 e. The van der Waals surface area contributed by atoms with Crippen molar-refractivity contribution >= 4 is 0 Å². The van der Waals surface area contributed by atoms with Gasteiger partial charge >= 0.3 is 0 Å². The standard InChI is InChI=1S/C18H26N2O/c1-4-20-17-7-5-6-14-8-9-15(12-16(14)17)21-11-10-18(2,3)13-19/h8-9,12,17,20H,4-7,10-11H2,1-3H3. The number of aryl methyl sites for hydroxylation is 1. The molecule has 1 aromatic rings. The second-order valence-electron chi connectivity index (χ2n) is 6.46. The van der Waals surface area contributed by atoms with Crippen molar-refractivity contribution in [3.8, 4) is 11.8 Å². The SMILES string of the molecule is CCNC1CCCc2ccc(OCCC(C)(C)C#N)cc21. The molecule has 3 nitrogen and oxygen atoms in total. The first-order valence-corrected chi connectivity index (χ1v) is 7.96. The molecule has 2 rings (SSSR count). The van der Waals surface area contributed by atoms with E-state index in [2.05, 4.69) is 36.5 Å². The fourth-order valence-corrected chi connectivity index (χ4v) is 2.81. The zero-order valence-electron chi connectivity index (χ0n) is 13.4. The summed E-state index contributed by atoms with van der Waals surface area (Å²) in [6.45, 7) is 7.63. The average molecular weight is 286 g/mol. The van der Waals surface area contributed by atoms with Crippen molar-refractivity contribution in [2.24, 2.45) is 5.41 Å². The van der Waals surface area contributed by atoms with Crippen molar-refractivity contribution in [3.05, 3.63) is 29.3 Å². The van der Waals surface area contributed by atoms with Gasteiger partial charge in [-0.05, 0) is 69.3 Å². The maximum absolute atomic E-state index is 9.03. The Labute approximate surface area is 128 Å². The molecule has 0 aromatic heterocycles. The zero-order valence-corrected chi connectivity index (χ0v) is 13.4. The predicted molar refractivity (Wildman–Crippen MR) is 85.3 cm³/mol. The number of nitrogens with zero attached hydrogens (tertiary/aromatic N) is 1. The van der Waals surface area contributed by atoms with Crippen LogP contribution in [0.1, 0.15) is 57.2 Å². The zero-order chi connectivity index (χ0) is 15.3. The molecule has 114 valence electrons. The van der Waals surface area contributed by atoms with Crippen LogP contribution in [-0.2, 0) is 6.42 Å². The third-order valence-corrected chi connectivity index (χ3v) is 4.18. The maximum Gasteiger partial charge on any atom is 0.119 e. The van der Waals surface area contributed by atoms with Crippen LogP contribution in [0, 0.1) is 16.7 Å². The van der Waals surface area contributed by atoms with Crippen molar-refractivity contribution in [3.63, 3.8) is 0 Å². The Hall–Kier alpha value is -1.53. The fourth-order valence-electron chi connectivity index (χ4n) is 2.81. The van der Waals surface area contributed by atoms with E-state index >= 15 is 0 Å². The third kappa shape index (κ3) is 4.22. The summed E-state index contributed by atoms with van der Waals surface area (Å²) in [5.41, 5.74) is 2.51. The Bertz CT molecular complexity index is 516. The summed E-state index contributed by atoms with van der Waals surface area (Å²) < 4.78 is 5.86. The van der Waals surface area contributed by atoms with Gasteiger partial charge in [0.05, 0.1) is 18.1 Å². The third-order valence-electron chi connectivity index (χ3n) is 4.18. The second kappa shape index (κ2) is 6.95. The van der Waals surface area contributed by atoms with Crippen LogP contribution >= 0.6 is 0 Å². The number of hydrogen-bond acceptors (Lipinski definition) is 3. The van der Waals surface area contributed by atoms with Crippen LogP contribution < -0.4 is 10.1 Å². The lowest BCUT2D eigenvalue weighted by Crippen LogP contribution is -2.25. The van der Waals surface area contributed by atoms with E-state index in [1.165, 1.54) is 30.4 Å². The Morgan fingerprint density at radius 2 is 2.24 bits per heavy atom. The van der Waals surface area contributed by atoms with Crippen LogP contribution in [0.2, 0.25) is 0 Å². The molecule has 21 heavy (non-hydrogen) atoms. The largest absolute Gasteiger partial charge is 0.494 e. The van der Waals surface area contributed by atoms with E-state index in [9.17, 15) is 0 Å². The lowest BCUT2D eigenvalue weighted by Gasteiger charge is -2.27. The van der Waals surface area contributed by atoms with Gasteiger partial charge < -0.3 is 10.1 Å². The summed E-state index contributed by atoms with van der Waals surface area (Å²) in [4.78, 5) is 0. The fraction of sp³-hybridized carbons (Fsp3) is 0.611. The molecule has 0 saturated heterocycles. The van der Waals surface area contributed by atoms with E-state index in [0.717, 1.165) is 18.7 Å². The molecule has 1 aliphatic carbocycles. The Kier molecular flexibility index (Phi) is 5.25. The molecule has 0 saturated carbocycles. The maximum atomic E-state index is 9.03. The monoisotopic (exact) mass is 286 g/mol. The summed E-state index contributed by atoms with van der Waals surface area (Å²) >= 11 is 0. The summed E-state index contributed by atoms with van der Waals surface area (Å²) in [5, 5.41) is 12.6. The highest BCUT2D eigenvalue weighted by molar-refractivity contribution is 5.39. The molecule has 1 unspecified atom stereocenters. The molecule has 1 atom stereocenters. The van der Waals surface area contributed by atoms with Gasteiger partial charge in [0, 0.05) is 6.04 Å². The molecular formula is C18H26N2O. The van der Waals surface area contributed by atoms with Gasteiger partial charge in [0.15, 0.2) is 0 Å². The molecule has 0 amide bonds. The van der Waals surface area contributed by atoms with Gasteiger partial charge in [0.2, 0.25) is 0 Å². The van der Waals surface area contributed by atoms with Crippen LogP contribution in [0.3, 0.4) is 0 Å². The van der Waals surface area contributed by atoms with E-state index in [1.54, 1.807) is 0 Å². The van der Waals surface area contributed by atoms with E-state index in [-0.39, 0.29) is 5.41 Å². The predicted octanol–water partition coefficient (Wildman–Crippen LogP) is 3.99. The molecule has 0 heterocycles. The van der Waals surface area contributed by atoms with Crippen LogP contribution in [-0.4, -0.2) is 13.2 Å². The van der Waals surface area contributed by atoms with Gasteiger partial charge in [-0.25, -0.2) is 0 Å². The molecule has 0 bridgehead atoms. The highest BCUT2D eigenvalue weighted by atomic mass is 16.5. The quantitative estimate of drug-likeness (QED) is 0.860. The van der Waals surface area contributed by atoms with Crippen molar-refractivity contribution in [1.82, 2.24) is 5.32 Å². The Morgan fingerprint density at radius 3 is 2.95 bits per heavy atom. The molecule has 0 spiro atoms. The van der Waals surface area contributed by atoms with Crippen molar-refractivity contribution < 1.29 is 4.74 Å². The first kappa shape index (κ1) is 15.9. The molecule has 1 aliphatic rings. The topological polar surface area (TPSA) is 45.0 Å². The van der Waals surface area contributed by atoms with Gasteiger partial charge in [0.25, 0.3) is 0 Å². The Morgan fingerprint density at radius 1 is 1.43 bits per heavy atom. The van der Waals surface area contributed by atoms with E-state index in [0.29, 0.717) is 12.6 Å². The number of nitrogens with one attached hydrogen (secondary N) is 1. The van der Waals surface area contributed by atoms with Gasteiger partial charge in [-0.2, -0.15) is 5.26 Å². The summed E-state index contributed by atoms with van der Waals surface area (Å²) in [5.74, 6) is 0.923. The Balaban J connectivity index is 2.02. The number of benzene rings is 1. The average Bonchev–Trinajstić information content (AvgIpc) is 2.48. The van der Waals surface area contributed by atoms with Gasteiger partial charge in [-0.1, -0.05) is 13.0 Å². The molecule has 0 fully saturated rings. The van der Waals surface area contributed by atoms with Gasteiger partial charge in [-0.3, -0.25) is 0 Å². The molecule has 0 aliphatic heterocycles. The van der Waals surface area contributed by atoms with Crippen molar-refractivity contribution in [1.29, 1.82) is 5.26 Å². The molecule has 0 radical (unpaired) electrons. The lowest BCUT2D eigenvalue weighted by atomic mass is 9.87. The number of nitriles is 1. The lowest BCUT2D eigenvalue weighted by molar-refractivity contribution is 0.263. The van der Waals surface area contributed by atoms with Crippen LogP contribution in [0.4, 0.5) is 0 Å². The van der Waals surface area contributed by atoms with Crippen molar-refractivity contribution in [2.45, 2.75) is 52.5 Å². The summed E-state index contributed by atoms with van der Waals surface area (Å²) in [6.07, 6.45) is 4.36. The minimum atomic E-state index is -0.319. The number of ether oxygens (including phenoxy) is 1. The molecular weight excluding hydrogens is 260 g/mol. The molecule has 1 N–H and O–H groups in total. The second-order valence-corrected chi connectivity index (χ2v) is 6.46. The first-order chi connectivity index (χ1) is 10.1. The van der Waals surface area contributed by atoms with E-state index < -0.39 is 0 Å². The van der Waals surface area contributed by atoms with E-state index in [4.69, 9.17) is 10.00 Å². The first-order valence-electron chi connectivity index (χ1n) is 7.96. The number of fused-ring (bicyclic) bond motifs is 1. The minimum absolute atomic E-state index is 0.319. The summed E-state index contributed by atoms with van der Waals surface area (Å²) in [6, 6.07) is 9.21. The van der Waals surface area contributed by atoms with Crippen LogP contribution in [0.15, 0.2) is 18.2 Å². The highest BCUT2D eigenvalue weighted by Crippen LogP contribution is 2.32. The molecule has 3 heteroatoms. The van der Waals surface area contributed by atoms with Crippen LogP contribution in [0.5, 0.6) is 5.75 Å². The highest BCUT2D eigenvalue weighted by Gasteiger charge is 2.20. The summed E-state index contributed by atoms with van der Waals surface area (Å²) in [7, 11) is 0. The smallest absolute Gasteiger partial charge is 0.119 e. The van der Waals surface area contributed by atoms with Gasteiger partial charge in [-0.15, -0.1) is 0 Å². The van der Waals surface area contributed by atoms with Gasteiger partial charge in [0.1, 0.15) is 5.75 Å². The molecule has 1 aromatic carbocycles. The normalized spacial score (nSPS) is 17.9. The van der Waals surface area contributed by atoms with E-state index in [1.807, 2.05) is 13.8 Å². The number of rotatable bonds is 6. The number of hydrogen-bond donors (Lipinski definition) is 1.